The fourth-order valence-electron chi connectivity index (χ4n) is 2.79. The zero-order chi connectivity index (χ0) is 23.5. The van der Waals surface area contributed by atoms with Gasteiger partial charge >= 0.3 is 11.9 Å². The number of rotatable bonds is 13. The van der Waals surface area contributed by atoms with Crippen molar-refractivity contribution in [1.82, 2.24) is 0 Å². The minimum absolute atomic E-state index is 0.00630. The number of anilines is 1. The number of nitrogens with zero attached hydrogens (tertiary/aromatic N) is 2. The standard InChI is InChI=1S/C24H30N2O6/c1-5-26(6-2)20-9-7-18(8-10-20)11-19(12-25)24(28)32-22(14-29-13-21-15-30-21)16-31-23(27)17(3)4/h7-11,21-22H,3,5-6,13-16H2,1-2,4H3/b19-11+. The molecule has 1 aliphatic heterocycles. The quantitative estimate of drug-likeness (QED) is 0.199. The normalized spacial score (nSPS) is 15.9. The molecule has 0 amide bonds. The van der Waals surface area contributed by atoms with Crippen molar-refractivity contribution in [2.45, 2.75) is 33.0 Å². The van der Waals surface area contributed by atoms with E-state index in [1.54, 1.807) is 0 Å². The average molecular weight is 443 g/mol. The number of carbonyl (C=O) groups excluding carboxylic acids is 2. The van der Waals surface area contributed by atoms with E-state index in [9.17, 15) is 14.9 Å². The maximum Gasteiger partial charge on any atom is 0.349 e. The second-order valence-electron chi connectivity index (χ2n) is 7.33. The molecular formula is C24H30N2O6. The number of benzene rings is 1. The molecule has 0 N–H and O–H groups in total. The molecule has 1 aromatic rings. The summed E-state index contributed by atoms with van der Waals surface area (Å²) in [4.78, 5) is 26.5. The number of nitriles is 1. The van der Waals surface area contributed by atoms with Gasteiger partial charge in [0.25, 0.3) is 0 Å². The van der Waals surface area contributed by atoms with Crippen LogP contribution in [0.2, 0.25) is 0 Å². The third kappa shape index (κ3) is 8.17. The number of carbonyl (C=O) groups is 2. The molecule has 1 aromatic carbocycles. The average Bonchev–Trinajstić information content (AvgIpc) is 3.61. The summed E-state index contributed by atoms with van der Waals surface area (Å²) in [6.45, 7) is 11.7. The van der Waals surface area contributed by atoms with Crippen LogP contribution in [0.5, 0.6) is 0 Å². The largest absolute Gasteiger partial charge is 0.458 e. The third-order valence-electron chi connectivity index (χ3n) is 4.71. The molecular weight excluding hydrogens is 412 g/mol. The van der Waals surface area contributed by atoms with Gasteiger partial charge in [0.15, 0.2) is 6.10 Å². The van der Waals surface area contributed by atoms with Gasteiger partial charge in [-0.3, -0.25) is 0 Å². The van der Waals surface area contributed by atoms with Gasteiger partial charge in [0, 0.05) is 24.4 Å². The number of ether oxygens (including phenoxy) is 4. The zero-order valence-electron chi connectivity index (χ0n) is 18.8. The van der Waals surface area contributed by atoms with Crippen molar-refractivity contribution in [3.8, 4) is 6.07 Å². The van der Waals surface area contributed by atoms with E-state index in [0.717, 1.165) is 18.8 Å². The third-order valence-corrected chi connectivity index (χ3v) is 4.71. The lowest BCUT2D eigenvalue weighted by Gasteiger charge is -2.20. The highest BCUT2D eigenvalue weighted by molar-refractivity contribution is 5.98. The summed E-state index contributed by atoms with van der Waals surface area (Å²) in [5, 5.41) is 9.47. The number of esters is 2. The molecule has 172 valence electrons. The second-order valence-corrected chi connectivity index (χ2v) is 7.33. The molecule has 0 spiro atoms. The van der Waals surface area contributed by atoms with Gasteiger partial charge in [0.2, 0.25) is 0 Å². The zero-order valence-corrected chi connectivity index (χ0v) is 18.8. The molecule has 1 saturated heterocycles. The van der Waals surface area contributed by atoms with Crippen LogP contribution in [-0.4, -0.2) is 63.7 Å². The second kappa shape index (κ2) is 12.6. The van der Waals surface area contributed by atoms with Crippen molar-refractivity contribution in [2.24, 2.45) is 0 Å². The fraction of sp³-hybridized carbons (Fsp3) is 0.458. The van der Waals surface area contributed by atoms with E-state index in [4.69, 9.17) is 18.9 Å². The first-order valence-corrected chi connectivity index (χ1v) is 10.6. The van der Waals surface area contributed by atoms with Gasteiger partial charge in [0.05, 0.1) is 19.8 Å². The molecule has 1 fully saturated rings. The molecule has 0 saturated carbocycles. The van der Waals surface area contributed by atoms with Crippen LogP contribution in [0.15, 0.2) is 42.0 Å². The molecule has 32 heavy (non-hydrogen) atoms. The first kappa shape index (κ1) is 25.1. The van der Waals surface area contributed by atoms with Crippen molar-refractivity contribution < 1.29 is 28.5 Å². The molecule has 0 bridgehead atoms. The molecule has 2 rings (SSSR count). The van der Waals surface area contributed by atoms with Gasteiger partial charge in [0.1, 0.15) is 24.4 Å². The van der Waals surface area contributed by atoms with Crippen molar-refractivity contribution in [2.75, 3.05) is 44.4 Å². The first-order chi connectivity index (χ1) is 15.4. The highest BCUT2D eigenvalue weighted by Crippen LogP contribution is 2.17. The monoisotopic (exact) mass is 442 g/mol. The number of hydrogen-bond acceptors (Lipinski definition) is 8. The summed E-state index contributed by atoms with van der Waals surface area (Å²) in [5.74, 6) is -1.41. The fourth-order valence-corrected chi connectivity index (χ4v) is 2.79. The predicted octanol–water partition coefficient (Wildman–Crippen LogP) is 2.89. The van der Waals surface area contributed by atoms with Crippen LogP contribution in [0.1, 0.15) is 26.3 Å². The van der Waals surface area contributed by atoms with E-state index in [0.29, 0.717) is 18.8 Å². The van der Waals surface area contributed by atoms with Crippen molar-refractivity contribution in [3.63, 3.8) is 0 Å². The van der Waals surface area contributed by atoms with E-state index < -0.39 is 18.0 Å². The summed E-state index contributed by atoms with van der Waals surface area (Å²) in [5.41, 5.74) is 1.82. The number of hydrogen-bond donors (Lipinski definition) is 0. The van der Waals surface area contributed by atoms with Gasteiger partial charge in [-0.15, -0.1) is 0 Å². The van der Waals surface area contributed by atoms with Crippen LogP contribution in [-0.2, 0) is 28.5 Å². The lowest BCUT2D eigenvalue weighted by atomic mass is 10.1. The Labute approximate surface area is 189 Å². The summed E-state index contributed by atoms with van der Waals surface area (Å²) >= 11 is 0. The van der Waals surface area contributed by atoms with E-state index in [-0.39, 0.29) is 30.5 Å². The Balaban J connectivity index is 2.04. The van der Waals surface area contributed by atoms with E-state index in [1.165, 1.54) is 13.0 Å². The SMILES string of the molecule is C=C(C)C(=O)OCC(COCC1CO1)OC(=O)/C(C#N)=C/c1ccc(N(CC)CC)cc1. The van der Waals surface area contributed by atoms with Crippen LogP contribution in [0.25, 0.3) is 6.08 Å². The molecule has 2 unspecified atom stereocenters. The predicted molar refractivity (Wildman–Crippen MR) is 120 cm³/mol. The van der Waals surface area contributed by atoms with E-state index in [1.807, 2.05) is 30.3 Å². The molecule has 0 aliphatic carbocycles. The lowest BCUT2D eigenvalue weighted by Crippen LogP contribution is -2.31. The molecule has 0 radical (unpaired) electrons. The molecule has 8 heteroatoms. The van der Waals surface area contributed by atoms with Crippen LogP contribution in [0, 0.1) is 11.3 Å². The molecule has 0 aromatic heterocycles. The Morgan fingerprint density at radius 2 is 1.91 bits per heavy atom. The summed E-state index contributed by atoms with van der Waals surface area (Å²) in [6, 6.07) is 9.42. The maximum atomic E-state index is 12.6. The van der Waals surface area contributed by atoms with Crippen LogP contribution in [0.4, 0.5) is 5.69 Å². The molecule has 8 nitrogen and oxygen atoms in total. The Hall–Kier alpha value is -3.15. The minimum atomic E-state index is -0.869. The topological polar surface area (TPSA) is 101 Å². The van der Waals surface area contributed by atoms with Crippen LogP contribution < -0.4 is 4.90 Å². The first-order valence-electron chi connectivity index (χ1n) is 10.6. The molecule has 2 atom stereocenters. The Kier molecular flexibility index (Phi) is 9.92. The van der Waals surface area contributed by atoms with Crippen LogP contribution in [0.3, 0.4) is 0 Å². The Bertz CT molecular complexity index is 863. The van der Waals surface area contributed by atoms with Gasteiger partial charge in [-0.2, -0.15) is 5.26 Å². The van der Waals surface area contributed by atoms with E-state index >= 15 is 0 Å². The van der Waals surface area contributed by atoms with Crippen LogP contribution >= 0.6 is 0 Å². The van der Waals surface area contributed by atoms with Gasteiger partial charge in [-0.25, -0.2) is 9.59 Å². The summed E-state index contributed by atoms with van der Waals surface area (Å²) < 4.78 is 21.0. The van der Waals surface area contributed by atoms with Crippen molar-refractivity contribution in [1.29, 1.82) is 5.26 Å². The molecule has 1 heterocycles. The smallest absolute Gasteiger partial charge is 0.349 e. The van der Waals surface area contributed by atoms with Crippen molar-refractivity contribution in [3.05, 3.63) is 47.6 Å². The highest BCUT2D eigenvalue weighted by atomic mass is 16.6. The lowest BCUT2D eigenvalue weighted by molar-refractivity contribution is -0.157. The minimum Gasteiger partial charge on any atom is -0.458 e. The summed E-state index contributed by atoms with van der Waals surface area (Å²) in [6.07, 6.45) is 0.633. The number of epoxide rings is 1. The maximum absolute atomic E-state index is 12.6. The van der Waals surface area contributed by atoms with E-state index in [2.05, 4.69) is 25.3 Å². The van der Waals surface area contributed by atoms with Gasteiger partial charge in [-0.1, -0.05) is 18.7 Å². The Morgan fingerprint density at radius 1 is 1.25 bits per heavy atom. The Morgan fingerprint density at radius 3 is 2.44 bits per heavy atom. The van der Waals surface area contributed by atoms with Gasteiger partial charge < -0.3 is 23.8 Å². The van der Waals surface area contributed by atoms with Gasteiger partial charge in [-0.05, 0) is 44.5 Å². The molecule has 1 aliphatic rings. The highest BCUT2D eigenvalue weighted by Gasteiger charge is 2.25. The van der Waals surface area contributed by atoms with Crippen molar-refractivity contribution >= 4 is 23.7 Å². The summed E-state index contributed by atoms with van der Waals surface area (Å²) in [7, 11) is 0.